The molecule has 21 heavy (non-hydrogen) atoms. The zero-order valence-corrected chi connectivity index (χ0v) is 12.1. The second-order valence-electron chi connectivity index (χ2n) is 4.94. The molecular weight excluding hydrogens is 280 g/mol. The second-order valence-corrected chi connectivity index (χ2v) is 4.94. The van der Waals surface area contributed by atoms with Gasteiger partial charge in [-0.05, 0) is 18.6 Å². The van der Waals surface area contributed by atoms with Crippen LogP contribution in [0, 0.1) is 17.6 Å². The van der Waals surface area contributed by atoms with Gasteiger partial charge in [-0.1, -0.05) is 20.3 Å². The van der Waals surface area contributed by atoms with E-state index in [1.165, 1.54) is 6.92 Å². The van der Waals surface area contributed by atoms with Gasteiger partial charge in [0.15, 0.2) is 0 Å². The van der Waals surface area contributed by atoms with Crippen LogP contribution in [0.25, 0.3) is 0 Å². The zero-order valence-electron chi connectivity index (χ0n) is 12.1. The molecule has 0 aliphatic carbocycles. The Kier molecular flexibility index (Phi) is 6.27. The number of rotatable bonds is 7. The number of carbonyl (C=O) groups excluding carboxylic acids is 1. The lowest BCUT2D eigenvalue weighted by Crippen LogP contribution is -2.37. The standard InChI is InChI=1S/C15H19F2NO3/c1-3-4-5-14(19)18(9-10(2)15(20)21)13-8-11(16)6-7-12(13)17/h6-8,10H,3-5,9H2,1-2H3,(H,20,21). The normalized spacial score (nSPS) is 12.0. The van der Waals surface area contributed by atoms with Crippen LogP contribution in [0.4, 0.5) is 14.5 Å². The molecular formula is C15H19F2NO3. The predicted molar refractivity (Wildman–Crippen MR) is 75.0 cm³/mol. The fourth-order valence-electron chi connectivity index (χ4n) is 1.84. The number of hydrogen-bond acceptors (Lipinski definition) is 2. The molecule has 1 atom stereocenters. The molecule has 0 aliphatic heterocycles. The Hall–Kier alpha value is -1.98. The Balaban J connectivity index is 3.08. The Bertz CT molecular complexity index is 520. The van der Waals surface area contributed by atoms with Crippen LogP contribution in [0.2, 0.25) is 0 Å². The highest BCUT2D eigenvalue weighted by atomic mass is 19.1. The van der Waals surface area contributed by atoms with Crippen LogP contribution in [0.15, 0.2) is 18.2 Å². The van der Waals surface area contributed by atoms with Crippen LogP contribution in [0.1, 0.15) is 33.1 Å². The fourth-order valence-corrected chi connectivity index (χ4v) is 1.84. The first kappa shape index (κ1) is 17.1. The number of amides is 1. The van der Waals surface area contributed by atoms with Crippen LogP contribution in [-0.2, 0) is 9.59 Å². The Morgan fingerprint density at radius 1 is 1.33 bits per heavy atom. The van der Waals surface area contributed by atoms with Gasteiger partial charge in [0.05, 0.1) is 11.6 Å². The molecule has 0 fully saturated rings. The maximum Gasteiger partial charge on any atom is 0.308 e. The lowest BCUT2D eigenvalue weighted by molar-refractivity contribution is -0.140. The molecule has 1 unspecified atom stereocenters. The predicted octanol–water partition coefficient (Wildman–Crippen LogP) is 3.21. The van der Waals surface area contributed by atoms with Gasteiger partial charge in [0, 0.05) is 19.0 Å². The van der Waals surface area contributed by atoms with Crippen molar-refractivity contribution in [2.75, 3.05) is 11.4 Å². The van der Waals surface area contributed by atoms with Gasteiger partial charge in [0.25, 0.3) is 0 Å². The van der Waals surface area contributed by atoms with Gasteiger partial charge in [-0.3, -0.25) is 9.59 Å². The Labute approximate surface area is 122 Å². The fraction of sp³-hybridized carbons (Fsp3) is 0.467. The van der Waals surface area contributed by atoms with Gasteiger partial charge in [0.2, 0.25) is 5.91 Å². The Morgan fingerprint density at radius 3 is 2.57 bits per heavy atom. The topological polar surface area (TPSA) is 57.6 Å². The monoisotopic (exact) mass is 299 g/mol. The average Bonchev–Trinajstić information content (AvgIpc) is 2.44. The van der Waals surface area contributed by atoms with Crippen LogP contribution in [0.3, 0.4) is 0 Å². The number of benzene rings is 1. The molecule has 0 aliphatic rings. The van der Waals surface area contributed by atoms with Crippen molar-refractivity contribution in [3.8, 4) is 0 Å². The quantitative estimate of drug-likeness (QED) is 0.841. The van der Waals surface area contributed by atoms with E-state index < -0.39 is 29.4 Å². The van der Waals surface area contributed by atoms with E-state index in [1.807, 2.05) is 6.92 Å². The van der Waals surface area contributed by atoms with Crippen LogP contribution < -0.4 is 4.90 Å². The molecule has 6 heteroatoms. The molecule has 1 aromatic rings. The van der Waals surface area contributed by atoms with Crippen molar-refractivity contribution in [3.63, 3.8) is 0 Å². The van der Waals surface area contributed by atoms with Crippen LogP contribution in [-0.4, -0.2) is 23.5 Å². The molecule has 1 rings (SSSR count). The summed E-state index contributed by atoms with van der Waals surface area (Å²) in [5, 5.41) is 8.95. The van der Waals surface area contributed by atoms with E-state index in [-0.39, 0.29) is 18.7 Å². The molecule has 1 amide bonds. The van der Waals surface area contributed by atoms with E-state index in [0.717, 1.165) is 29.5 Å². The number of carboxylic acids is 1. The summed E-state index contributed by atoms with van der Waals surface area (Å²) in [5.74, 6) is -3.81. The van der Waals surface area contributed by atoms with Crippen molar-refractivity contribution in [2.45, 2.75) is 33.1 Å². The zero-order chi connectivity index (χ0) is 16.0. The summed E-state index contributed by atoms with van der Waals surface area (Å²) in [5.41, 5.74) is -0.218. The van der Waals surface area contributed by atoms with Gasteiger partial charge >= 0.3 is 5.97 Å². The summed E-state index contributed by atoms with van der Waals surface area (Å²) >= 11 is 0. The van der Waals surface area contributed by atoms with Gasteiger partial charge in [-0.15, -0.1) is 0 Å². The molecule has 0 spiro atoms. The molecule has 0 heterocycles. The third-order valence-corrected chi connectivity index (χ3v) is 3.12. The van der Waals surface area contributed by atoms with E-state index in [1.54, 1.807) is 0 Å². The minimum atomic E-state index is -1.10. The summed E-state index contributed by atoms with van der Waals surface area (Å²) in [6, 6.07) is 2.79. The maximum atomic E-state index is 13.8. The summed E-state index contributed by atoms with van der Waals surface area (Å²) in [7, 11) is 0. The second kappa shape index (κ2) is 7.71. The number of anilines is 1. The van der Waals surface area contributed by atoms with Crippen molar-refractivity contribution in [1.82, 2.24) is 0 Å². The van der Waals surface area contributed by atoms with E-state index >= 15 is 0 Å². The summed E-state index contributed by atoms with van der Waals surface area (Å²) < 4.78 is 27.1. The SMILES string of the molecule is CCCCC(=O)N(CC(C)C(=O)O)c1cc(F)ccc1F. The third-order valence-electron chi connectivity index (χ3n) is 3.12. The molecule has 116 valence electrons. The molecule has 1 N–H and O–H groups in total. The number of aliphatic carboxylic acids is 1. The van der Waals surface area contributed by atoms with Crippen LogP contribution in [0.5, 0.6) is 0 Å². The molecule has 0 radical (unpaired) electrons. The number of nitrogens with zero attached hydrogens (tertiary/aromatic N) is 1. The number of unbranched alkanes of at least 4 members (excludes halogenated alkanes) is 1. The summed E-state index contributed by atoms with van der Waals surface area (Å²) in [6.07, 6.45) is 1.55. The smallest absolute Gasteiger partial charge is 0.308 e. The van der Waals surface area contributed by atoms with E-state index in [4.69, 9.17) is 5.11 Å². The molecule has 1 aromatic carbocycles. The van der Waals surface area contributed by atoms with E-state index in [0.29, 0.717) is 6.42 Å². The minimum absolute atomic E-state index is 0.165. The lowest BCUT2D eigenvalue weighted by atomic mass is 10.1. The number of halogens is 2. The summed E-state index contributed by atoms with van der Waals surface area (Å²) in [4.78, 5) is 24.1. The first-order chi connectivity index (χ1) is 9.86. The van der Waals surface area contributed by atoms with E-state index in [2.05, 4.69) is 0 Å². The molecule has 0 saturated heterocycles. The first-order valence-corrected chi connectivity index (χ1v) is 6.85. The highest BCUT2D eigenvalue weighted by Crippen LogP contribution is 2.23. The molecule has 4 nitrogen and oxygen atoms in total. The minimum Gasteiger partial charge on any atom is -0.481 e. The molecule has 0 bridgehead atoms. The average molecular weight is 299 g/mol. The van der Waals surface area contributed by atoms with Crippen molar-refractivity contribution in [3.05, 3.63) is 29.8 Å². The number of hydrogen-bond donors (Lipinski definition) is 1. The molecule has 0 saturated carbocycles. The van der Waals surface area contributed by atoms with Crippen molar-refractivity contribution < 1.29 is 23.5 Å². The van der Waals surface area contributed by atoms with Crippen molar-refractivity contribution in [1.29, 1.82) is 0 Å². The van der Waals surface area contributed by atoms with Crippen LogP contribution >= 0.6 is 0 Å². The van der Waals surface area contributed by atoms with Gasteiger partial charge in [0.1, 0.15) is 11.6 Å². The molecule has 0 aromatic heterocycles. The van der Waals surface area contributed by atoms with Crippen molar-refractivity contribution in [2.24, 2.45) is 5.92 Å². The van der Waals surface area contributed by atoms with E-state index in [9.17, 15) is 18.4 Å². The highest BCUT2D eigenvalue weighted by Gasteiger charge is 2.24. The first-order valence-electron chi connectivity index (χ1n) is 6.85. The number of carbonyl (C=O) groups is 2. The summed E-state index contributed by atoms with van der Waals surface area (Å²) in [6.45, 7) is 3.12. The Morgan fingerprint density at radius 2 is 2.00 bits per heavy atom. The third kappa shape index (κ3) is 4.81. The van der Waals surface area contributed by atoms with Gasteiger partial charge in [-0.2, -0.15) is 0 Å². The number of carboxylic acid groups (broad SMARTS) is 1. The van der Waals surface area contributed by atoms with Crippen molar-refractivity contribution >= 4 is 17.6 Å². The maximum absolute atomic E-state index is 13.8. The lowest BCUT2D eigenvalue weighted by Gasteiger charge is -2.25. The largest absolute Gasteiger partial charge is 0.481 e. The van der Waals surface area contributed by atoms with Gasteiger partial charge < -0.3 is 10.0 Å². The highest BCUT2D eigenvalue weighted by molar-refractivity contribution is 5.94. The van der Waals surface area contributed by atoms with Gasteiger partial charge in [-0.25, -0.2) is 8.78 Å².